The van der Waals surface area contributed by atoms with E-state index in [1.54, 1.807) is 20.8 Å². The summed E-state index contributed by atoms with van der Waals surface area (Å²) in [7, 11) is -7.07. The number of phosphoric ester groups is 2. The molecule has 0 rings (SSSR count). The molecule has 2 atom stereocenters. The largest absolute Gasteiger partial charge is 0.472 e. The first kappa shape index (κ1) is 20.2. The molecule has 0 bridgehead atoms. The molecule has 0 aromatic rings. The summed E-state index contributed by atoms with van der Waals surface area (Å²) in [5.74, 6) is 0. The zero-order valence-electron chi connectivity index (χ0n) is 12.0. The van der Waals surface area contributed by atoms with E-state index in [0.717, 1.165) is 7.11 Å². The first-order valence-corrected chi connectivity index (χ1v) is 8.75. The van der Waals surface area contributed by atoms with Crippen molar-refractivity contribution in [2.24, 2.45) is 0 Å². The van der Waals surface area contributed by atoms with Gasteiger partial charge in [0, 0.05) is 7.11 Å². The highest BCUT2D eigenvalue weighted by Crippen LogP contribution is 2.46. The van der Waals surface area contributed by atoms with Gasteiger partial charge in [-0.1, -0.05) is 0 Å². The quantitative estimate of drug-likeness (QED) is 0.453. The van der Waals surface area contributed by atoms with Crippen molar-refractivity contribution in [1.82, 2.24) is 0 Å². The maximum atomic E-state index is 11.4. The van der Waals surface area contributed by atoms with E-state index in [2.05, 4.69) is 13.6 Å². The third-order valence-electron chi connectivity index (χ3n) is 1.58. The molecule has 0 aliphatic heterocycles. The summed E-state index contributed by atoms with van der Waals surface area (Å²) in [5, 5.41) is 0. The molecular formula is C9H22O9P2. The van der Waals surface area contributed by atoms with Crippen molar-refractivity contribution < 1.29 is 41.7 Å². The topological polar surface area (TPSA) is 121 Å². The summed E-state index contributed by atoms with van der Waals surface area (Å²) in [5.41, 5.74) is -0.804. The lowest BCUT2D eigenvalue weighted by Gasteiger charge is -2.22. The second kappa shape index (κ2) is 8.58. The molecule has 9 nitrogen and oxygen atoms in total. The second-order valence-electron chi connectivity index (χ2n) is 4.60. The van der Waals surface area contributed by atoms with E-state index < -0.39 is 21.2 Å². The predicted molar refractivity (Wildman–Crippen MR) is 70.2 cm³/mol. The van der Waals surface area contributed by atoms with Gasteiger partial charge in [-0.2, -0.15) is 0 Å². The van der Waals surface area contributed by atoms with Crippen molar-refractivity contribution in [1.29, 1.82) is 0 Å². The number of hydrogen-bond donors (Lipinski definition) is 2. The first-order valence-electron chi connectivity index (χ1n) is 5.76. The molecule has 0 amide bonds. The molecule has 0 spiro atoms. The smallest absolute Gasteiger partial charge is 0.377 e. The fourth-order valence-corrected chi connectivity index (χ4v) is 2.41. The Morgan fingerprint density at radius 3 is 1.75 bits per heavy atom. The van der Waals surface area contributed by atoms with Gasteiger partial charge in [0.25, 0.3) is 0 Å². The Labute approximate surface area is 118 Å². The van der Waals surface area contributed by atoms with Crippen LogP contribution in [0.2, 0.25) is 0 Å². The summed E-state index contributed by atoms with van der Waals surface area (Å²) >= 11 is 0. The van der Waals surface area contributed by atoms with Crippen LogP contribution in [0.25, 0.3) is 0 Å². The standard InChI is InChI=1S/C9H22O9P2/c1-9(2,3)18-20(12,13)17-8-6-15-5-7-16-19(10,11)14-4/h5-8H2,1-4H3,(H,10,11)(H,12,13). The third-order valence-corrected chi connectivity index (χ3v) is 3.84. The molecule has 0 saturated carbocycles. The van der Waals surface area contributed by atoms with Gasteiger partial charge >= 0.3 is 15.6 Å². The van der Waals surface area contributed by atoms with E-state index in [1.807, 2.05) is 0 Å². The SMILES string of the molecule is COP(=O)(O)OCCOCCOP(=O)(O)OC(C)(C)C. The predicted octanol–water partition coefficient (Wildman–Crippen LogP) is 1.70. The highest BCUT2D eigenvalue weighted by molar-refractivity contribution is 7.47. The Balaban J connectivity index is 3.68. The molecule has 0 aliphatic carbocycles. The Hall–Kier alpha value is 0.180. The summed E-state index contributed by atoms with van der Waals surface area (Å²) < 4.78 is 45.5. The maximum absolute atomic E-state index is 11.4. The van der Waals surface area contributed by atoms with E-state index in [1.165, 1.54) is 0 Å². The molecule has 2 unspecified atom stereocenters. The van der Waals surface area contributed by atoms with Crippen LogP contribution < -0.4 is 0 Å². The van der Waals surface area contributed by atoms with Gasteiger partial charge in [0.05, 0.1) is 32.0 Å². The summed E-state index contributed by atoms with van der Waals surface area (Å²) in [4.78, 5) is 18.2. The van der Waals surface area contributed by atoms with E-state index in [4.69, 9.17) is 14.2 Å². The number of hydrogen-bond acceptors (Lipinski definition) is 7. The van der Waals surface area contributed by atoms with E-state index in [9.17, 15) is 14.0 Å². The molecule has 0 radical (unpaired) electrons. The van der Waals surface area contributed by atoms with Crippen LogP contribution in [-0.4, -0.2) is 48.9 Å². The van der Waals surface area contributed by atoms with Crippen LogP contribution in [0.15, 0.2) is 0 Å². The molecule has 20 heavy (non-hydrogen) atoms. The molecule has 0 aliphatic rings. The minimum atomic E-state index is -4.12. The van der Waals surface area contributed by atoms with E-state index in [-0.39, 0.29) is 26.4 Å². The first-order chi connectivity index (χ1) is 8.97. The van der Waals surface area contributed by atoms with Gasteiger partial charge in [-0.25, -0.2) is 9.13 Å². The van der Waals surface area contributed by atoms with Crippen molar-refractivity contribution in [2.45, 2.75) is 26.4 Å². The molecule has 11 heteroatoms. The lowest BCUT2D eigenvalue weighted by atomic mass is 10.2. The number of ether oxygens (including phenoxy) is 1. The van der Waals surface area contributed by atoms with Gasteiger partial charge in [-0.3, -0.25) is 18.1 Å². The summed E-state index contributed by atoms with van der Waals surface area (Å²) in [6.07, 6.45) is 0. The van der Waals surface area contributed by atoms with Crippen molar-refractivity contribution in [3.63, 3.8) is 0 Å². The van der Waals surface area contributed by atoms with Gasteiger partial charge in [0.2, 0.25) is 0 Å². The van der Waals surface area contributed by atoms with Crippen molar-refractivity contribution in [3.05, 3.63) is 0 Å². The lowest BCUT2D eigenvalue weighted by Crippen LogP contribution is -2.18. The van der Waals surface area contributed by atoms with Crippen molar-refractivity contribution in [3.8, 4) is 0 Å². The molecule has 0 aromatic carbocycles. The summed E-state index contributed by atoms with van der Waals surface area (Å²) in [6.45, 7) is 4.56. The van der Waals surface area contributed by atoms with Gasteiger partial charge in [-0.15, -0.1) is 0 Å². The van der Waals surface area contributed by atoms with Crippen LogP contribution in [-0.2, 0) is 32.0 Å². The monoisotopic (exact) mass is 336 g/mol. The van der Waals surface area contributed by atoms with Crippen molar-refractivity contribution in [2.75, 3.05) is 33.5 Å². The Morgan fingerprint density at radius 1 is 0.900 bits per heavy atom. The fraction of sp³-hybridized carbons (Fsp3) is 1.00. The van der Waals surface area contributed by atoms with E-state index in [0.29, 0.717) is 0 Å². The minimum absolute atomic E-state index is 0.00409. The average molecular weight is 336 g/mol. The molecule has 122 valence electrons. The number of phosphoric acid groups is 2. The molecule has 0 fully saturated rings. The van der Waals surface area contributed by atoms with E-state index >= 15 is 0 Å². The lowest BCUT2D eigenvalue weighted by molar-refractivity contribution is 0.0327. The molecule has 2 N–H and O–H groups in total. The van der Waals surface area contributed by atoms with Crippen molar-refractivity contribution >= 4 is 15.6 Å². The third kappa shape index (κ3) is 12.0. The summed E-state index contributed by atoms with van der Waals surface area (Å²) in [6, 6.07) is 0. The normalized spacial score (nSPS) is 18.5. The van der Waals surface area contributed by atoms with Gasteiger partial charge in [-0.05, 0) is 20.8 Å². The van der Waals surface area contributed by atoms with Gasteiger partial charge in [0.15, 0.2) is 0 Å². The van der Waals surface area contributed by atoms with Gasteiger partial charge in [0.1, 0.15) is 0 Å². The fourth-order valence-electron chi connectivity index (χ4n) is 0.950. The van der Waals surface area contributed by atoms with Gasteiger partial charge < -0.3 is 14.5 Å². The van der Waals surface area contributed by atoms with Crippen LogP contribution in [0.4, 0.5) is 0 Å². The zero-order chi connectivity index (χ0) is 15.9. The van der Waals surface area contributed by atoms with Crippen LogP contribution >= 0.6 is 15.6 Å². The van der Waals surface area contributed by atoms with Crippen LogP contribution in [0.1, 0.15) is 20.8 Å². The minimum Gasteiger partial charge on any atom is -0.377 e. The second-order valence-corrected chi connectivity index (χ2v) is 7.54. The highest BCUT2D eigenvalue weighted by atomic mass is 31.2. The average Bonchev–Trinajstić information content (AvgIpc) is 2.24. The molecular weight excluding hydrogens is 314 g/mol. The molecule has 0 saturated heterocycles. The van der Waals surface area contributed by atoms with Crippen LogP contribution in [0, 0.1) is 0 Å². The highest BCUT2D eigenvalue weighted by Gasteiger charge is 2.28. The zero-order valence-corrected chi connectivity index (χ0v) is 13.8. The maximum Gasteiger partial charge on any atom is 0.472 e. The Bertz CT molecular complexity index is 365. The Kier molecular flexibility index (Phi) is 8.66. The molecule has 0 heterocycles. The van der Waals surface area contributed by atoms with Crippen LogP contribution in [0.3, 0.4) is 0 Å². The Morgan fingerprint density at radius 2 is 1.35 bits per heavy atom. The number of rotatable bonds is 10. The molecule has 0 aromatic heterocycles. The van der Waals surface area contributed by atoms with Crippen LogP contribution in [0.5, 0.6) is 0 Å².